The normalized spacial score (nSPS) is 22.2. The number of amides is 1. The van der Waals surface area contributed by atoms with Crippen molar-refractivity contribution in [2.75, 3.05) is 26.3 Å². The molecule has 0 saturated carbocycles. The average Bonchev–Trinajstić information content (AvgIpc) is 3.27. The molecule has 1 spiro atoms. The predicted octanol–water partition coefficient (Wildman–Crippen LogP) is 2.39. The highest BCUT2D eigenvalue weighted by atomic mass is 32.1. The molecule has 0 radical (unpaired) electrons. The van der Waals surface area contributed by atoms with Crippen LogP contribution in [0.1, 0.15) is 59.5 Å². The van der Waals surface area contributed by atoms with Crippen LogP contribution in [0.3, 0.4) is 0 Å². The SMILES string of the molecule is O=C(c1cnc2sc3c(n2c1=O)CCCCCC3)N1CCC2(CC1)OCCO2. The van der Waals surface area contributed by atoms with E-state index < -0.39 is 5.79 Å². The van der Waals surface area contributed by atoms with Crippen molar-refractivity contribution in [1.29, 1.82) is 0 Å². The number of rotatable bonds is 1. The molecule has 0 N–H and O–H groups in total. The summed E-state index contributed by atoms with van der Waals surface area (Å²) >= 11 is 1.60. The van der Waals surface area contributed by atoms with Crippen molar-refractivity contribution >= 4 is 22.2 Å². The minimum Gasteiger partial charge on any atom is -0.347 e. The van der Waals surface area contributed by atoms with E-state index >= 15 is 0 Å². The van der Waals surface area contributed by atoms with E-state index in [9.17, 15) is 9.59 Å². The van der Waals surface area contributed by atoms with Crippen molar-refractivity contribution in [1.82, 2.24) is 14.3 Å². The van der Waals surface area contributed by atoms with E-state index in [2.05, 4.69) is 4.98 Å². The second-order valence-electron chi connectivity index (χ2n) is 7.88. The Morgan fingerprint density at radius 1 is 1.07 bits per heavy atom. The highest BCUT2D eigenvalue weighted by molar-refractivity contribution is 7.17. The first-order chi connectivity index (χ1) is 13.7. The van der Waals surface area contributed by atoms with Gasteiger partial charge in [0.25, 0.3) is 11.5 Å². The van der Waals surface area contributed by atoms with Crippen molar-refractivity contribution in [3.8, 4) is 0 Å². The van der Waals surface area contributed by atoms with Crippen molar-refractivity contribution in [2.45, 2.75) is 57.2 Å². The lowest BCUT2D eigenvalue weighted by atomic mass is 10.0. The van der Waals surface area contributed by atoms with Gasteiger partial charge in [-0.3, -0.25) is 14.0 Å². The first kappa shape index (κ1) is 18.3. The zero-order valence-corrected chi connectivity index (χ0v) is 16.8. The molecule has 2 fully saturated rings. The van der Waals surface area contributed by atoms with Gasteiger partial charge in [-0.05, 0) is 25.7 Å². The molecular weight excluding hydrogens is 378 g/mol. The molecule has 150 valence electrons. The van der Waals surface area contributed by atoms with Crippen LogP contribution >= 0.6 is 11.3 Å². The first-order valence-corrected chi connectivity index (χ1v) is 11.1. The minimum atomic E-state index is -0.531. The molecule has 2 aromatic heterocycles. The fraction of sp³-hybridized carbons (Fsp3) is 0.650. The monoisotopic (exact) mass is 403 g/mol. The molecule has 1 amide bonds. The van der Waals surface area contributed by atoms with Crippen LogP contribution in [0.5, 0.6) is 0 Å². The van der Waals surface area contributed by atoms with Gasteiger partial charge in [-0.1, -0.05) is 12.8 Å². The van der Waals surface area contributed by atoms with Gasteiger partial charge in [0, 0.05) is 42.7 Å². The maximum atomic E-state index is 13.2. The topological polar surface area (TPSA) is 73.1 Å². The van der Waals surface area contributed by atoms with E-state index in [0.717, 1.165) is 31.4 Å². The number of nitrogens with zero attached hydrogens (tertiary/aromatic N) is 3. The first-order valence-electron chi connectivity index (χ1n) is 10.3. The van der Waals surface area contributed by atoms with Crippen molar-refractivity contribution in [3.63, 3.8) is 0 Å². The Morgan fingerprint density at radius 3 is 2.54 bits per heavy atom. The van der Waals surface area contributed by atoms with Crippen LogP contribution < -0.4 is 5.56 Å². The summed E-state index contributed by atoms with van der Waals surface area (Å²) < 4.78 is 13.2. The van der Waals surface area contributed by atoms with Gasteiger partial charge in [0.1, 0.15) is 5.56 Å². The molecule has 0 atom stereocenters. The van der Waals surface area contributed by atoms with Gasteiger partial charge in [0.15, 0.2) is 10.7 Å². The highest BCUT2D eigenvalue weighted by Crippen LogP contribution is 2.32. The van der Waals surface area contributed by atoms with Crippen molar-refractivity contribution in [3.05, 3.63) is 32.7 Å². The third-order valence-corrected chi connectivity index (χ3v) is 7.32. The largest absolute Gasteiger partial charge is 0.347 e. The van der Waals surface area contributed by atoms with Gasteiger partial charge >= 0.3 is 0 Å². The molecule has 2 saturated heterocycles. The maximum absolute atomic E-state index is 13.2. The standard InChI is InChI=1S/C20H25N3O4S/c24-17(22-9-7-20(8-10-22)26-11-12-27-20)14-13-21-19-23(18(14)25)15-5-3-1-2-4-6-16(15)28-19/h13H,1-12H2. The number of hydrogen-bond donors (Lipinski definition) is 0. The summed E-state index contributed by atoms with van der Waals surface area (Å²) in [6.07, 6.45) is 9.30. The molecule has 8 heteroatoms. The third kappa shape index (κ3) is 3.07. The Morgan fingerprint density at radius 2 is 1.79 bits per heavy atom. The Labute approximate surface area is 167 Å². The number of ether oxygens (including phenoxy) is 2. The number of thiazole rings is 1. The molecule has 3 aliphatic rings. The van der Waals surface area contributed by atoms with Gasteiger partial charge in [-0.25, -0.2) is 4.98 Å². The van der Waals surface area contributed by atoms with Crippen LogP contribution in [0.4, 0.5) is 0 Å². The number of carbonyl (C=O) groups excluding carboxylic acids is 1. The van der Waals surface area contributed by atoms with Crippen LogP contribution in [0, 0.1) is 0 Å². The minimum absolute atomic E-state index is 0.171. The van der Waals surface area contributed by atoms with Crippen LogP contribution in [-0.2, 0) is 22.3 Å². The van der Waals surface area contributed by atoms with Gasteiger partial charge < -0.3 is 14.4 Å². The lowest BCUT2D eigenvalue weighted by Crippen LogP contribution is -2.48. The summed E-state index contributed by atoms with van der Waals surface area (Å²) in [6, 6.07) is 0. The number of piperidine rings is 1. The molecule has 1 aliphatic carbocycles. The summed E-state index contributed by atoms with van der Waals surface area (Å²) in [7, 11) is 0. The molecule has 0 bridgehead atoms. The second kappa shape index (κ2) is 7.24. The summed E-state index contributed by atoms with van der Waals surface area (Å²) in [6.45, 7) is 2.28. The molecule has 0 unspecified atom stereocenters. The quantitative estimate of drug-likeness (QED) is 0.731. The Kier molecular flexibility index (Phi) is 4.72. The molecule has 2 aliphatic heterocycles. The van der Waals surface area contributed by atoms with E-state index in [1.54, 1.807) is 20.6 Å². The van der Waals surface area contributed by atoms with Crippen LogP contribution in [0.25, 0.3) is 4.96 Å². The van der Waals surface area contributed by atoms with E-state index in [4.69, 9.17) is 9.47 Å². The molecule has 4 heterocycles. The molecular formula is C20H25N3O4S. The Hall–Kier alpha value is -1.77. The Bertz CT molecular complexity index is 950. The third-order valence-electron chi connectivity index (χ3n) is 6.16. The number of aromatic nitrogens is 2. The smallest absolute Gasteiger partial charge is 0.271 e. The molecule has 7 nitrogen and oxygen atoms in total. The van der Waals surface area contributed by atoms with Gasteiger partial charge in [0.2, 0.25) is 0 Å². The van der Waals surface area contributed by atoms with Gasteiger partial charge in [0.05, 0.1) is 13.2 Å². The summed E-state index contributed by atoms with van der Waals surface area (Å²) in [5, 5.41) is 0. The summed E-state index contributed by atoms with van der Waals surface area (Å²) in [5.41, 5.74) is 1.02. The molecule has 0 aromatic carbocycles. The van der Waals surface area contributed by atoms with E-state index in [1.807, 2.05) is 0 Å². The van der Waals surface area contributed by atoms with E-state index in [1.165, 1.54) is 23.9 Å². The fourth-order valence-corrected chi connectivity index (χ4v) is 5.74. The molecule has 28 heavy (non-hydrogen) atoms. The lowest BCUT2D eigenvalue weighted by molar-refractivity contribution is -0.181. The molecule has 5 rings (SSSR count). The predicted molar refractivity (Wildman–Crippen MR) is 105 cm³/mol. The maximum Gasteiger partial charge on any atom is 0.271 e. The van der Waals surface area contributed by atoms with Crippen molar-refractivity contribution in [2.24, 2.45) is 0 Å². The highest BCUT2D eigenvalue weighted by Gasteiger charge is 2.41. The summed E-state index contributed by atoms with van der Waals surface area (Å²) in [5.74, 6) is -0.762. The molecule has 2 aromatic rings. The second-order valence-corrected chi connectivity index (χ2v) is 8.94. The number of fused-ring (bicyclic) bond motifs is 3. The van der Waals surface area contributed by atoms with E-state index in [0.29, 0.717) is 44.1 Å². The number of likely N-dealkylation sites (tertiary alicyclic amines) is 1. The average molecular weight is 404 g/mol. The van der Waals surface area contributed by atoms with Gasteiger partial charge in [-0.2, -0.15) is 0 Å². The number of hydrogen-bond acceptors (Lipinski definition) is 6. The zero-order chi connectivity index (χ0) is 19.1. The van der Waals surface area contributed by atoms with E-state index in [-0.39, 0.29) is 17.0 Å². The van der Waals surface area contributed by atoms with Crippen molar-refractivity contribution < 1.29 is 14.3 Å². The van der Waals surface area contributed by atoms with Gasteiger partial charge in [-0.15, -0.1) is 11.3 Å². The number of aryl methyl sites for hydroxylation is 2. The van der Waals surface area contributed by atoms with Crippen LogP contribution in [-0.4, -0.2) is 52.3 Å². The number of carbonyl (C=O) groups is 1. The lowest BCUT2D eigenvalue weighted by Gasteiger charge is -2.37. The summed E-state index contributed by atoms with van der Waals surface area (Å²) in [4.78, 5) is 34.5. The van der Waals surface area contributed by atoms with Crippen LogP contribution in [0.2, 0.25) is 0 Å². The fourth-order valence-electron chi connectivity index (χ4n) is 4.58. The Balaban J connectivity index is 1.44. The van der Waals surface area contributed by atoms with Crippen LogP contribution in [0.15, 0.2) is 11.0 Å². The zero-order valence-electron chi connectivity index (χ0n) is 15.9.